The summed E-state index contributed by atoms with van der Waals surface area (Å²) in [7, 11) is 0. The summed E-state index contributed by atoms with van der Waals surface area (Å²) in [5.74, 6) is -6.87. The third kappa shape index (κ3) is 9.48. The maximum absolute atomic E-state index is 14.6. The minimum Gasteiger partial charge on any atom is -0.426 e. The number of unbranched alkanes of at least 4 members (excludes halogenated alkanes) is 6. The summed E-state index contributed by atoms with van der Waals surface area (Å²) >= 11 is 0. The van der Waals surface area contributed by atoms with Gasteiger partial charge in [-0.15, -0.1) is 0 Å². The Bertz CT molecular complexity index is 1710. The van der Waals surface area contributed by atoms with E-state index < -0.39 is 41.0 Å². The van der Waals surface area contributed by atoms with E-state index in [1.54, 1.807) is 24.3 Å². The van der Waals surface area contributed by atoms with Crippen molar-refractivity contribution in [1.29, 1.82) is 5.26 Å². The van der Waals surface area contributed by atoms with E-state index in [9.17, 15) is 31.5 Å². The molecule has 0 spiro atoms. The number of nitriles is 1. The fourth-order valence-electron chi connectivity index (χ4n) is 4.81. The SMILES string of the molecule is N#Cc1ccc(-c2ccc(OC(=O)CCCCCCCCCC(=O)Oc3ccc(-c4cc(F)c(F)c(F)c4)c(F)c3)cc2F)cc1. The maximum Gasteiger partial charge on any atom is 0.311 e. The van der Waals surface area contributed by atoms with Crippen LogP contribution in [0.2, 0.25) is 0 Å². The first-order valence-electron chi connectivity index (χ1n) is 14.8. The van der Waals surface area contributed by atoms with E-state index in [1.165, 1.54) is 24.3 Å². The minimum absolute atomic E-state index is 0.0573. The minimum atomic E-state index is -1.65. The third-order valence-electron chi connectivity index (χ3n) is 7.23. The van der Waals surface area contributed by atoms with Crippen molar-refractivity contribution in [3.63, 3.8) is 0 Å². The molecule has 0 saturated heterocycles. The first-order valence-corrected chi connectivity index (χ1v) is 14.8. The fourth-order valence-corrected chi connectivity index (χ4v) is 4.81. The lowest BCUT2D eigenvalue weighted by molar-refractivity contribution is -0.135. The summed E-state index contributed by atoms with van der Waals surface area (Å²) < 4.78 is 79.7. The van der Waals surface area contributed by atoms with Gasteiger partial charge in [-0.3, -0.25) is 9.59 Å². The Morgan fingerprint density at radius 3 is 1.41 bits per heavy atom. The van der Waals surface area contributed by atoms with Crippen LogP contribution in [-0.4, -0.2) is 11.9 Å². The highest BCUT2D eigenvalue weighted by molar-refractivity contribution is 5.74. The monoisotopic (exact) mass is 635 g/mol. The van der Waals surface area contributed by atoms with Gasteiger partial charge in [0, 0.05) is 36.1 Å². The quantitative estimate of drug-likeness (QED) is 0.0454. The zero-order valence-corrected chi connectivity index (χ0v) is 24.8. The highest BCUT2D eigenvalue weighted by Gasteiger charge is 2.16. The Morgan fingerprint density at radius 2 is 0.978 bits per heavy atom. The number of rotatable bonds is 14. The maximum atomic E-state index is 14.6. The molecule has 4 rings (SSSR count). The Morgan fingerprint density at radius 1 is 0.543 bits per heavy atom. The Kier molecular flexibility index (Phi) is 12.0. The van der Waals surface area contributed by atoms with E-state index in [0.717, 1.165) is 44.2 Å². The zero-order chi connectivity index (χ0) is 33.1. The molecule has 0 unspecified atom stereocenters. The highest BCUT2D eigenvalue weighted by Crippen LogP contribution is 2.29. The molecule has 4 aromatic carbocycles. The van der Waals surface area contributed by atoms with Crippen LogP contribution in [0.5, 0.6) is 11.5 Å². The molecule has 0 radical (unpaired) electrons. The lowest BCUT2D eigenvalue weighted by Gasteiger charge is -2.09. The normalized spacial score (nSPS) is 10.8. The molecule has 0 aliphatic heterocycles. The third-order valence-corrected chi connectivity index (χ3v) is 7.23. The molecule has 46 heavy (non-hydrogen) atoms. The number of esters is 2. The van der Waals surface area contributed by atoms with Crippen LogP contribution in [0.25, 0.3) is 22.3 Å². The van der Waals surface area contributed by atoms with E-state index in [0.29, 0.717) is 41.7 Å². The van der Waals surface area contributed by atoms with Crippen molar-refractivity contribution in [2.45, 2.75) is 57.8 Å². The van der Waals surface area contributed by atoms with Gasteiger partial charge >= 0.3 is 11.9 Å². The fraction of sp³-hybridized carbons (Fsp3) is 0.250. The van der Waals surface area contributed by atoms with Crippen molar-refractivity contribution in [1.82, 2.24) is 0 Å². The Hall–Kier alpha value is -5.04. The summed E-state index contributed by atoms with van der Waals surface area (Å²) in [5, 5.41) is 8.90. The molecule has 4 aromatic rings. The predicted molar refractivity (Wildman–Crippen MR) is 161 cm³/mol. The van der Waals surface area contributed by atoms with Crippen LogP contribution >= 0.6 is 0 Å². The molecule has 0 bridgehead atoms. The average Bonchev–Trinajstić information content (AvgIpc) is 3.03. The molecular formula is C36H30F5NO4. The number of halogens is 5. The Balaban J connectivity index is 1.07. The van der Waals surface area contributed by atoms with E-state index in [1.807, 2.05) is 6.07 Å². The number of benzene rings is 4. The second-order valence-corrected chi connectivity index (χ2v) is 10.6. The summed E-state index contributed by atoms with van der Waals surface area (Å²) in [6, 6.07) is 17.5. The molecule has 0 N–H and O–H groups in total. The second-order valence-electron chi connectivity index (χ2n) is 10.6. The predicted octanol–water partition coefficient (Wildman–Crippen LogP) is 9.61. The first kappa shape index (κ1) is 33.8. The van der Waals surface area contributed by atoms with Crippen LogP contribution < -0.4 is 9.47 Å². The van der Waals surface area contributed by atoms with Crippen molar-refractivity contribution >= 4 is 11.9 Å². The molecular weight excluding hydrogens is 605 g/mol. The molecule has 5 nitrogen and oxygen atoms in total. The number of carbonyl (C=O) groups excluding carboxylic acids is 2. The van der Waals surface area contributed by atoms with Gasteiger partial charge in [-0.2, -0.15) is 5.26 Å². The van der Waals surface area contributed by atoms with Gasteiger partial charge in [0.25, 0.3) is 0 Å². The van der Waals surface area contributed by atoms with Crippen molar-refractivity contribution in [3.05, 3.63) is 107 Å². The molecule has 0 fully saturated rings. The summed E-state index contributed by atoms with van der Waals surface area (Å²) in [4.78, 5) is 24.3. The van der Waals surface area contributed by atoms with Gasteiger partial charge in [0.2, 0.25) is 0 Å². The Labute approximate surface area is 263 Å². The summed E-state index contributed by atoms with van der Waals surface area (Å²) in [6.45, 7) is 0. The molecule has 0 aromatic heterocycles. The van der Waals surface area contributed by atoms with Gasteiger partial charge in [0.1, 0.15) is 23.1 Å². The first-order chi connectivity index (χ1) is 22.1. The number of ether oxygens (including phenoxy) is 2. The zero-order valence-electron chi connectivity index (χ0n) is 24.8. The standard InChI is InChI=1S/C36H30F5NO4/c37-30-20-26(14-16-28(30)24-12-10-23(22-42)11-13-24)45-34(43)8-6-4-2-1-3-5-7-9-35(44)46-27-15-17-29(31(38)21-27)25-18-32(39)36(41)33(40)19-25/h10-21H,1-9H2. The average molecular weight is 636 g/mol. The van der Waals surface area contributed by atoms with Crippen LogP contribution in [0.4, 0.5) is 22.0 Å². The van der Waals surface area contributed by atoms with Crippen molar-refractivity contribution in [2.24, 2.45) is 0 Å². The summed E-state index contributed by atoms with van der Waals surface area (Å²) in [6.07, 6.45) is 5.76. The smallest absolute Gasteiger partial charge is 0.311 e. The van der Waals surface area contributed by atoms with Crippen molar-refractivity contribution in [3.8, 4) is 39.8 Å². The molecule has 238 valence electrons. The lowest BCUT2D eigenvalue weighted by Crippen LogP contribution is -2.08. The van der Waals surface area contributed by atoms with Crippen molar-refractivity contribution < 1.29 is 41.0 Å². The molecule has 0 heterocycles. The topological polar surface area (TPSA) is 76.4 Å². The summed E-state index contributed by atoms with van der Waals surface area (Å²) in [5.41, 5.74) is 1.06. The van der Waals surface area contributed by atoms with E-state index >= 15 is 0 Å². The van der Waals surface area contributed by atoms with Crippen LogP contribution in [-0.2, 0) is 9.59 Å². The lowest BCUT2D eigenvalue weighted by atomic mass is 10.0. The molecule has 0 amide bonds. The van der Waals surface area contributed by atoms with Gasteiger partial charge in [0.15, 0.2) is 17.5 Å². The van der Waals surface area contributed by atoms with Crippen LogP contribution in [0.15, 0.2) is 72.8 Å². The number of hydrogen-bond acceptors (Lipinski definition) is 5. The molecule has 0 saturated carbocycles. The van der Waals surface area contributed by atoms with E-state index in [2.05, 4.69) is 0 Å². The van der Waals surface area contributed by atoms with Crippen LogP contribution in [0.1, 0.15) is 63.4 Å². The van der Waals surface area contributed by atoms with E-state index in [4.69, 9.17) is 14.7 Å². The van der Waals surface area contributed by atoms with Crippen LogP contribution in [0, 0.1) is 40.4 Å². The van der Waals surface area contributed by atoms with Crippen LogP contribution in [0.3, 0.4) is 0 Å². The van der Waals surface area contributed by atoms with Gasteiger partial charge in [0.05, 0.1) is 11.6 Å². The van der Waals surface area contributed by atoms with Gasteiger partial charge in [-0.25, -0.2) is 22.0 Å². The number of hydrogen-bond donors (Lipinski definition) is 0. The molecule has 0 aliphatic carbocycles. The molecule has 10 heteroatoms. The molecule has 0 aliphatic rings. The second kappa shape index (κ2) is 16.3. The number of carbonyl (C=O) groups is 2. The van der Waals surface area contributed by atoms with E-state index in [-0.39, 0.29) is 35.5 Å². The number of nitrogens with zero attached hydrogens (tertiary/aromatic N) is 1. The molecule has 0 atom stereocenters. The highest BCUT2D eigenvalue weighted by atomic mass is 19.2. The van der Waals surface area contributed by atoms with Gasteiger partial charge in [-0.05, 0) is 72.5 Å². The van der Waals surface area contributed by atoms with Crippen molar-refractivity contribution in [2.75, 3.05) is 0 Å². The largest absolute Gasteiger partial charge is 0.426 e. The van der Waals surface area contributed by atoms with Gasteiger partial charge < -0.3 is 9.47 Å². The van der Waals surface area contributed by atoms with Gasteiger partial charge in [-0.1, -0.05) is 44.2 Å².